The third kappa shape index (κ3) is 3.52. The lowest BCUT2D eigenvalue weighted by molar-refractivity contribution is -0.119. The van der Waals surface area contributed by atoms with Gasteiger partial charge in [0.05, 0.1) is 17.2 Å². The van der Waals surface area contributed by atoms with Crippen LogP contribution in [0.2, 0.25) is 0 Å². The molecule has 1 amide bonds. The first-order chi connectivity index (χ1) is 11.6. The molecule has 1 aromatic carbocycles. The van der Waals surface area contributed by atoms with E-state index < -0.39 is 0 Å². The quantitative estimate of drug-likeness (QED) is 0.562. The van der Waals surface area contributed by atoms with Gasteiger partial charge in [-0.3, -0.25) is 14.2 Å². The van der Waals surface area contributed by atoms with E-state index in [9.17, 15) is 9.59 Å². The maximum atomic E-state index is 12.2. The van der Waals surface area contributed by atoms with E-state index >= 15 is 0 Å². The summed E-state index contributed by atoms with van der Waals surface area (Å²) in [5.74, 6) is 0.130. The molecule has 0 radical (unpaired) electrons. The molecule has 5 nitrogen and oxygen atoms in total. The van der Waals surface area contributed by atoms with Gasteiger partial charge in [0, 0.05) is 7.05 Å². The summed E-state index contributed by atoms with van der Waals surface area (Å²) in [6.07, 6.45) is 0. The highest BCUT2D eigenvalue weighted by Gasteiger charge is 2.13. The van der Waals surface area contributed by atoms with E-state index in [-0.39, 0.29) is 23.3 Å². The average molecular weight is 359 g/mol. The number of amides is 1. The lowest BCUT2D eigenvalue weighted by Crippen LogP contribution is -2.28. The number of carbonyl (C=O) groups excluding carboxylic acids is 1. The van der Waals surface area contributed by atoms with Crippen LogP contribution in [0.15, 0.2) is 51.7 Å². The number of fused-ring (bicyclic) bond motifs is 1. The molecule has 1 unspecified atom stereocenters. The maximum Gasteiger partial charge on any atom is 0.262 e. The molecule has 0 bridgehead atoms. The Morgan fingerprint density at radius 2 is 2.08 bits per heavy atom. The number of benzene rings is 1. The smallest absolute Gasteiger partial charge is 0.262 e. The highest BCUT2D eigenvalue weighted by molar-refractivity contribution is 7.99. The fraction of sp³-hybridized carbons (Fsp3) is 0.235. The van der Waals surface area contributed by atoms with Crippen molar-refractivity contribution in [3.05, 3.63) is 57.7 Å². The van der Waals surface area contributed by atoms with Crippen molar-refractivity contribution in [3.63, 3.8) is 0 Å². The van der Waals surface area contributed by atoms with E-state index in [1.807, 2.05) is 42.6 Å². The second-order valence-electron chi connectivity index (χ2n) is 5.39. The summed E-state index contributed by atoms with van der Waals surface area (Å²) < 4.78 is 1.49. The summed E-state index contributed by atoms with van der Waals surface area (Å²) in [6.45, 7) is 1.95. The Morgan fingerprint density at radius 3 is 2.83 bits per heavy atom. The molecule has 1 atom stereocenters. The number of nitrogens with zero attached hydrogens (tertiary/aromatic N) is 2. The number of aromatic nitrogens is 2. The monoisotopic (exact) mass is 359 g/mol. The summed E-state index contributed by atoms with van der Waals surface area (Å²) in [4.78, 5) is 29.6. The number of carbonyl (C=O) groups is 1. The Hall–Kier alpha value is -2.12. The first-order valence-corrected chi connectivity index (χ1v) is 9.34. The standard InChI is InChI=1S/C17H17N3O2S2/c1-11(12-6-4-3-5-7-12)18-14(21)10-24-17-19-15-13(8-9-23-15)16(22)20(17)2/h3-9,11H,10H2,1-2H3,(H,18,21). The van der Waals surface area contributed by atoms with E-state index in [1.54, 1.807) is 13.1 Å². The molecule has 0 aliphatic heterocycles. The van der Waals surface area contributed by atoms with E-state index in [4.69, 9.17) is 0 Å². The van der Waals surface area contributed by atoms with Crippen LogP contribution in [0, 0.1) is 0 Å². The van der Waals surface area contributed by atoms with Crippen molar-refractivity contribution in [2.24, 2.45) is 7.05 Å². The van der Waals surface area contributed by atoms with Crippen LogP contribution in [-0.2, 0) is 11.8 Å². The Balaban J connectivity index is 1.66. The molecule has 2 aromatic heterocycles. The molecule has 7 heteroatoms. The average Bonchev–Trinajstić information content (AvgIpc) is 3.06. The number of thiophene rings is 1. The van der Waals surface area contributed by atoms with Crippen molar-refractivity contribution in [2.45, 2.75) is 18.1 Å². The van der Waals surface area contributed by atoms with Gasteiger partial charge in [0.15, 0.2) is 5.16 Å². The lowest BCUT2D eigenvalue weighted by atomic mass is 10.1. The topological polar surface area (TPSA) is 64.0 Å². The van der Waals surface area contributed by atoms with E-state index in [1.165, 1.54) is 27.7 Å². The van der Waals surface area contributed by atoms with Crippen molar-refractivity contribution < 1.29 is 4.79 Å². The molecule has 24 heavy (non-hydrogen) atoms. The predicted octanol–water partition coefficient (Wildman–Crippen LogP) is 2.96. The van der Waals surface area contributed by atoms with Crippen LogP contribution in [0.3, 0.4) is 0 Å². The molecule has 3 rings (SSSR count). The molecule has 0 aliphatic carbocycles. The first kappa shape index (κ1) is 16.7. The Labute approximate surface area is 147 Å². The van der Waals surface area contributed by atoms with Crippen LogP contribution in [-0.4, -0.2) is 21.2 Å². The molecule has 1 N–H and O–H groups in total. The molecule has 0 saturated heterocycles. The van der Waals surface area contributed by atoms with Crippen LogP contribution in [0.25, 0.3) is 10.2 Å². The number of hydrogen-bond donors (Lipinski definition) is 1. The second kappa shape index (κ2) is 7.19. The van der Waals surface area contributed by atoms with Gasteiger partial charge in [-0.05, 0) is 23.9 Å². The molecular weight excluding hydrogens is 342 g/mol. The highest BCUT2D eigenvalue weighted by atomic mass is 32.2. The van der Waals surface area contributed by atoms with Crippen LogP contribution in [0.5, 0.6) is 0 Å². The highest BCUT2D eigenvalue weighted by Crippen LogP contribution is 2.20. The SMILES string of the molecule is CC(NC(=O)CSc1nc2sccc2c(=O)n1C)c1ccccc1. The number of hydrogen-bond acceptors (Lipinski definition) is 5. The van der Waals surface area contributed by atoms with Crippen LogP contribution in [0.4, 0.5) is 0 Å². The molecule has 0 saturated carbocycles. The van der Waals surface area contributed by atoms with E-state index in [0.29, 0.717) is 15.4 Å². The largest absolute Gasteiger partial charge is 0.349 e. The molecule has 0 aliphatic rings. The van der Waals surface area contributed by atoms with Gasteiger partial charge in [0.25, 0.3) is 5.56 Å². The van der Waals surface area contributed by atoms with Gasteiger partial charge in [0.2, 0.25) is 5.91 Å². The van der Waals surface area contributed by atoms with Gasteiger partial charge >= 0.3 is 0 Å². The molecule has 0 fully saturated rings. The molecular formula is C17H17N3O2S2. The van der Waals surface area contributed by atoms with Crippen LogP contribution < -0.4 is 10.9 Å². The van der Waals surface area contributed by atoms with E-state index in [2.05, 4.69) is 10.3 Å². The Kier molecular flexibility index (Phi) is 5.01. The number of nitrogens with one attached hydrogen (secondary N) is 1. The zero-order chi connectivity index (χ0) is 17.1. The summed E-state index contributed by atoms with van der Waals surface area (Å²) in [6, 6.07) is 11.5. The van der Waals surface area contributed by atoms with Gasteiger partial charge in [-0.2, -0.15) is 0 Å². The zero-order valence-electron chi connectivity index (χ0n) is 13.4. The summed E-state index contributed by atoms with van der Waals surface area (Å²) in [5.41, 5.74) is 0.975. The van der Waals surface area contributed by atoms with Gasteiger partial charge in [-0.1, -0.05) is 42.1 Å². The fourth-order valence-electron chi connectivity index (χ4n) is 2.35. The third-order valence-corrected chi connectivity index (χ3v) is 5.51. The van der Waals surface area contributed by atoms with Crippen molar-refractivity contribution in [1.82, 2.24) is 14.9 Å². The van der Waals surface area contributed by atoms with Crippen molar-refractivity contribution >= 4 is 39.2 Å². The van der Waals surface area contributed by atoms with Gasteiger partial charge in [0.1, 0.15) is 4.83 Å². The van der Waals surface area contributed by atoms with Crippen molar-refractivity contribution in [3.8, 4) is 0 Å². The van der Waals surface area contributed by atoms with Crippen LogP contribution >= 0.6 is 23.1 Å². The summed E-state index contributed by atoms with van der Waals surface area (Å²) in [5, 5.41) is 5.98. The Morgan fingerprint density at radius 1 is 1.33 bits per heavy atom. The minimum absolute atomic E-state index is 0.0594. The molecule has 124 valence electrons. The fourth-order valence-corrected chi connectivity index (χ4v) is 3.94. The maximum absolute atomic E-state index is 12.2. The Bertz CT molecular complexity index is 918. The normalized spacial score (nSPS) is 12.2. The van der Waals surface area contributed by atoms with Crippen LogP contribution in [0.1, 0.15) is 18.5 Å². The van der Waals surface area contributed by atoms with Gasteiger partial charge < -0.3 is 5.32 Å². The molecule has 0 spiro atoms. The lowest BCUT2D eigenvalue weighted by Gasteiger charge is -2.14. The molecule has 2 heterocycles. The van der Waals surface area contributed by atoms with Crippen molar-refractivity contribution in [2.75, 3.05) is 5.75 Å². The third-order valence-electron chi connectivity index (χ3n) is 3.67. The number of thioether (sulfide) groups is 1. The minimum Gasteiger partial charge on any atom is -0.349 e. The zero-order valence-corrected chi connectivity index (χ0v) is 15.0. The van der Waals surface area contributed by atoms with Gasteiger partial charge in [-0.15, -0.1) is 11.3 Å². The first-order valence-electron chi connectivity index (χ1n) is 7.47. The minimum atomic E-state index is -0.0862. The summed E-state index contributed by atoms with van der Waals surface area (Å²) >= 11 is 2.70. The summed E-state index contributed by atoms with van der Waals surface area (Å²) in [7, 11) is 1.68. The predicted molar refractivity (Wildman–Crippen MR) is 98.6 cm³/mol. The van der Waals surface area contributed by atoms with E-state index in [0.717, 1.165) is 5.56 Å². The van der Waals surface area contributed by atoms with Gasteiger partial charge in [-0.25, -0.2) is 4.98 Å². The second-order valence-corrected chi connectivity index (χ2v) is 7.22. The number of rotatable bonds is 5. The van der Waals surface area contributed by atoms with Crippen molar-refractivity contribution in [1.29, 1.82) is 0 Å². The molecule has 3 aromatic rings.